The molecule has 2 aliphatic carbocycles. The summed E-state index contributed by atoms with van der Waals surface area (Å²) >= 11 is 11.5. The number of aliphatic hydroxyl groups excluding tert-OH is 1. The van der Waals surface area contributed by atoms with Crippen molar-refractivity contribution in [1.29, 1.82) is 10.5 Å². The number of hydrogen-bond acceptors (Lipinski definition) is 9. The van der Waals surface area contributed by atoms with E-state index in [1.807, 2.05) is 53.7 Å². The van der Waals surface area contributed by atoms with Gasteiger partial charge in [0.2, 0.25) is 0 Å². The van der Waals surface area contributed by atoms with Crippen LogP contribution in [0.5, 0.6) is 11.5 Å². The SMILES string of the molecule is CC(C)(C)OC(=O)C1CC(O)C1.CC(C)(C)OC(=O)C1CC(Oc2ccc(C#N)c(Cl)c2)C1.N#Cc1ccc(O)cc1Cl. The molecular weight excluding hydrogens is 595 g/mol. The first kappa shape index (κ1) is 35.7. The summed E-state index contributed by atoms with van der Waals surface area (Å²) in [6.45, 7) is 11.1. The molecule has 0 saturated heterocycles. The highest BCUT2D eigenvalue weighted by molar-refractivity contribution is 6.32. The Morgan fingerprint density at radius 3 is 1.63 bits per heavy atom. The molecule has 0 aromatic heterocycles. The average molecular weight is 634 g/mol. The third kappa shape index (κ3) is 12.3. The van der Waals surface area contributed by atoms with Gasteiger partial charge in [-0.05, 0) is 97.6 Å². The van der Waals surface area contributed by atoms with Gasteiger partial charge in [-0.1, -0.05) is 23.2 Å². The molecule has 2 aromatic rings. The number of ether oxygens (including phenoxy) is 3. The molecule has 232 valence electrons. The van der Waals surface area contributed by atoms with E-state index in [0.717, 1.165) is 0 Å². The number of halogens is 2. The van der Waals surface area contributed by atoms with E-state index < -0.39 is 11.2 Å². The van der Waals surface area contributed by atoms with E-state index in [1.54, 1.807) is 18.2 Å². The summed E-state index contributed by atoms with van der Waals surface area (Å²) in [4.78, 5) is 23.1. The molecule has 2 fully saturated rings. The molecule has 0 amide bonds. The molecule has 4 rings (SSSR count). The smallest absolute Gasteiger partial charge is 0.309 e. The molecule has 0 radical (unpaired) electrons. The second-order valence-corrected chi connectivity index (χ2v) is 13.1. The van der Waals surface area contributed by atoms with Crippen LogP contribution >= 0.6 is 23.2 Å². The molecule has 0 aliphatic heterocycles. The van der Waals surface area contributed by atoms with Gasteiger partial charge < -0.3 is 24.4 Å². The lowest BCUT2D eigenvalue weighted by molar-refractivity contribution is -0.167. The summed E-state index contributed by atoms with van der Waals surface area (Å²) in [5.41, 5.74) is -0.0647. The highest BCUT2D eigenvalue weighted by Gasteiger charge is 2.39. The zero-order valence-electron chi connectivity index (χ0n) is 25.2. The van der Waals surface area contributed by atoms with Crippen molar-refractivity contribution in [2.24, 2.45) is 11.8 Å². The maximum absolute atomic E-state index is 11.8. The van der Waals surface area contributed by atoms with Crippen LogP contribution in [0.1, 0.15) is 78.4 Å². The number of phenolic OH excluding ortho intramolecular Hbond substituents is 1. The number of phenols is 1. The summed E-state index contributed by atoms with van der Waals surface area (Å²) in [5, 5.41) is 35.7. The minimum Gasteiger partial charge on any atom is -0.508 e. The van der Waals surface area contributed by atoms with Crippen LogP contribution in [0.2, 0.25) is 10.0 Å². The molecule has 0 unspecified atom stereocenters. The van der Waals surface area contributed by atoms with Crippen LogP contribution < -0.4 is 4.74 Å². The number of rotatable bonds is 4. The van der Waals surface area contributed by atoms with Gasteiger partial charge in [0.15, 0.2) is 0 Å². The zero-order chi connectivity index (χ0) is 32.5. The lowest BCUT2D eigenvalue weighted by Gasteiger charge is -2.35. The molecule has 11 heteroatoms. The molecule has 2 N–H and O–H groups in total. The number of aliphatic hydroxyl groups is 1. The summed E-state index contributed by atoms with van der Waals surface area (Å²) in [7, 11) is 0. The molecule has 0 heterocycles. The van der Waals surface area contributed by atoms with Crippen molar-refractivity contribution in [3.05, 3.63) is 57.6 Å². The lowest BCUT2D eigenvalue weighted by Crippen LogP contribution is -2.41. The number of aromatic hydroxyl groups is 1. The second kappa shape index (κ2) is 15.3. The summed E-state index contributed by atoms with van der Waals surface area (Å²) in [6.07, 6.45) is 2.12. The second-order valence-electron chi connectivity index (χ2n) is 12.3. The molecule has 0 spiro atoms. The van der Waals surface area contributed by atoms with E-state index >= 15 is 0 Å². The van der Waals surface area contributed by atoms with E-state index in [9.17, 15) is 9.59 Å². The van der Waals surface area contributed by atoms with Crippen molar-refractivity contribution in [3.8, 4) is 23.6 Å². The Morgan fingerprint density at radius 1 is 0.791 bits per heavy atom. The molecule has 9 nitrogen and oxygen atoms in total. The van der Waals surface area contributed by atoms with Crippen LogP contribution in [0.4, 0.5) is 0 Å². The summed E-state index contributed by atoms with van der Waals surface area (Å²) < 4.78 is 16.2. The third-order valence-electron chi connectivity index (χ3n) is 6.13. The Hall–Kier alpha value is -3.50. The first-order chi connectivity index (χ1) is 19.9. The first-order valence-electron chi connectivity index (χ1n) is 13.8. The number of esters is 2. The van der Waals surface area contributed by atoms with Crippen LogP contribution in [0.3, 0.4) is 0 Å². The van der Waals surface area contributed by atoms with Gasteiger partial charge in [-0.25, -0.2) is 0 Å². The standard InChI is InChI=1S/C16H18ClNO3.C9H16O3.C7H4ClNO/c1-16(2,3)21-15(19)11-6-13(7-11)20-12-5-4-10(9-18)14(17)8-12;1-9(2,3)12-8(11)6-4-7(10)5-6;8-7-3-6(10)2-1-5(7)4-9/h4-5,8,11,13H,6-7H2,1-3H3;6-7,10H,4-5H2,1-3H3;1-3,10H. The van der Waals surface area contributed by atoms with E-state index in [2.05, 4.69) is 0 Å². The Balaban J connectivity index is 0.000000248. The number of hydrogen-bond donors (Lipinski definition) is 2. The van der Waals surface area contributed by atoms with Crippen molar-refractivity contribution in [1.82, 2.24) is 0 Å². The average Bonchev–Trinajstić information content (AvgIpc) is 2.83. The summed E-state index contributed by atoms with van der Waals surface area (Å²) in [6, 6.07) is 13.1. The Bertz CT molecular complexity index is 1360. The molecule has 2 saturated carbocycles. The van der Waals surface area contributed by atoms with Crippen LogP contribution in [0.25, 0.3) is 0 Å². The van der Waals surface area contributed by atoms with Gasteiger partial charge >= 0.3 is 11.9 Å². The first-order valence-corrected chi connectivity index (χ1v) is 14.5. The number of carbonyl (C=O) groups excluding carboxylic acids is 2. The maximum atomic E-state index is 11.8. The fourth-order valence-electron chi connectivity index (χ4n) is 3.85. The van der Waals surface area contributed by atoms with Crippen LogP contribution in [-0.2, 0) is 19.1 Å². The quantitative estimate of drug-likeness (QED) is 0.350. The van der Waals surface area contributed by atoms with E-state index in [-0.39, 0.29) is 46.8 Å². The van der Waals surface area contributed by atoms with Gasteiger partial charge in [-0.15, -0.1) is 0 Å². The third-order valence-corrected chi connectivity index (χ3v) is 6.75. The fourth-order valence-corrected chi connectivity index (χ4v) is 4.28. The van der Waals surface area contributed by atoms with Gasteiger partial charge in [-0.2, -0.15) is 10.5 Å². The largest absolute Gasteiger partial charge is 0.508 e. The van der Waals surface area contributed by atoms with Crippen LogP contribution in [-0.4, -0.2) is 45.6 Å². The van der Waals surface area contributed by atoms with Gasteiger partial charge in [0.05, 0.1) is 39.1 Å². The van der Waals surface area contributed by atoms with Crippen LogP contribution in [0.15, 0.2) is 36.4 Å². The Morgan fingerprint density at radius 2 is 1.23 bits per heavy atom. The van der Waals surface area contributed by atoms with Gasteiger partial charge in [0.1, 0.15) is 40.9 Å². The predicted molar refractivity (Wildman–Crippen MR) is 162 cm³/mol. The van der Waals surface area contributed by atoms with Crippen molar-refractivity contribution in [2.45, 2.75) is 90.6 Å². The van der Waals surface area contributed by atoms with Crippen molar-refractivity contribution >= 4 is 35.1 Å². The lowest BCUT2D eigenvalue weighted by atomic mass is 9.82. The number of nitrogens with zero attached hydrogens (tertiary/aromatic N) is 2. The van der Waals surface area contributed by atoms with Gasteiger partial charge in [-0.3, -0.25) is 9.59 Å². The van der Waals surface area contributed by atoms with Gasteiger partial charge in [0.25, 0.3) is 0 Å². The minimum absolute atomic E-state index is 0.00785. The van der Waals surface area contributed by atoms with E-state index in [4.69, 9.17) is 58.1 Å². The highest BCUT2D eigenvalue weighted by Crippen LogP contribution is 2.34. The normalized spacial score (nSPS) is 20.5. The van der Waals surface area contributed by atoms with Crippen molar-refractivity contribution in [3.63, 3.8) is 0 Å². The maximum Gasteiger partial charge on any atom is 0.309 e. The minimum atomic E-state index is -0.455. The molecule has 0 bridgehead atoms. The molecular formula is C32H38Cl2N2O7. The Kier molecular flexibility index (Phi) is 12.7. The Labute approximate surface area is 262 Å². The highest BCUT2D eigenvalue weighted by atomic mass is 35.5. The predicted octanol–water partition coefficient (Wildman–Crippen LogP) is 6.73. The number of carbonyl (C=O) groups is 2. The molecule has 2 aliphatic rings. The molecule has 2 aromatic carbocycles. The van der Waals surface area contributed by atoms with E-state index in [1.165, 1.54) is 18.2 Å². The summed E-state index contributed by atoms with van der Waals surface area (Å²) in [5.74, 6) is 0.186. The molecule has 0 atom stereocenters. The topological polar surface area (TPSA) is 150 Å². The molecule has 43 heavy (non-hydrogen) atoms. The monoisotopic (exact) mass is 632 g/mol. The fraction of sp³-hybridized carbons (Fsp3) is 0.500. The van der Waals surface area contributed by atoms with Crippen molar-refractivity contribution < 1.29 is 34.0 Å². The van der Waals surface area contributed by atoms with E-state index in [0.29, 0.717) is 47.6 Å². The zero-order valence-corrected chi connectivity index (χ0v) is 26.7. The van der Waals surface area contributed by atoms with Gasteiger partial charge in [0, 0.05) is 6.07 Å². The van der Waals surface area contributed by atoms with Crippen molar-refractivity contribution in [2.75, 3.05) is 0 Å². The number of benzene rings is 2. The van der Waals surface area contributed by atoms with Crippen LogP contribution in [0, 0.1) is 34.5 Å². The number of nitriles is 2.